The maximum Gasteiger partial charge on any atom is 0.233 e. The monoisotopic (exact) mass is 504 g/mol. The van der Waals surface area contributed by atoms with E-state index in [1.165, 1.54) is 0 Å². The molecule has 33 heavy (non-hydrogen) atoms. The van der Waals surface area contributed by atoms with Crippen molar-refractivity contribution >= 4 is 44.7 Å². The molecule has 0 radical (unpaired) electrons. The summed E-state index contributed by atoms with van der Waals surface area (Å²) in [7, 11) is -3.81. The van der Waals surface area contributed by atoms with Crippen LogP contribution in [0.2, 0.25) is 10.0 Å². The molecule has 2 aromatic rings. The second kappa shape index (κ2) is 8.30. The van der Waals surface area contributed by atoms with Crippen molar-refractivity contribution in [2.24, 2.45) is 16.7 Å². The summed E-state index contributed by atoms with van der Waals surface area (Å²) in [6, 6.07) is 12.5. The van der Waals surface area contributed by atoms with Gasteiger partial charge in [0.2, 0.25) is 10.0 Å². The number of nitriles is 1. The molecule has 2 aliphatic carbocycles. The highest BCUT2D eigenvalue weighted by atomic mass is 35.5. The molecule has 0 heterocycles. The number of carbonyl (C=O) groups is 1. The fourth-order valence-corrected chi connectivity index (χ4v) is 8.00. The van der Waals surface area contributed by atoms with Crippen LogP contribution in [0.3, 0.4) is 0 Å². The Balaban J connectivity index is 1.62. The van der Waals surface area contributed by atoms with Crippen molar-refractivity contribution in [2.75, 3.05) is 10.5 Å². The number of carbonyl (C=O) groups excluding carboxylic acids is 1. The van der Waals surface area contributed by atoms with Crippen LogP contribution in [0.1, 0.15) is 55.7 Å². The fourth-order valence-electron chi connectivity index (χ4n) is 5.65. The second-order valence-corrected chi connectivity index (χ2v) is 12.4. The molecular formula is C25H26Cl2N2O3S. The average Bonchev–Trinajstić information content (AvgIpc) is 3.07. The first-order chi connectivity index (χ1) is 15.4. The van der Waals surface area contributed by atoms with Gasteiger partial charge in [-0.1, -0.05) is 55.2 Å². The van der Waals surface area contributed by atoms with Gasteiger partial charge in [0.05, 0.1) is 28.8 Å². The average molecular weight is 505 g/mol. The lowest BCUT2D eigenvalue weighted by molar-refractivity contribution is -0.128. The number of nitrogens with one attached hydrogen (secondary N) is 1. The predicted molar refractivity (Wildman–Crippen MR) is 131 cm³/mol. The highest BCUT2D eigenvalue weighted by Gasteiger charge is 2.65. The quantitative estimate of drug-likeness (QED) is 0.514. The first-order valence-corrected chi connectivity index (χ1v) is 13.3. The minimum Gasteiger partial charge on any atom is -0.299 e. The smallest absolute Gasteiger partial charge is 0.233 e. The maximum atomic E-state index is 13.2. The first kappa shape index (κ1) is 24.1. The van der Waals surface area contributed by atoms with Gasteiger partial charge in [-0.05, 0) is 66.0 Å². The van der Waals surface area contributed by atoms with E-state index in [-0.39, 0.29) is 27.9 Å². The molecule has 4 rings (SSSR count). The van der Waals surface area contributed by atoms with Gasteiger partial charge in [-0.2, -0.15) is 5.26 Å². The minimum absolute atomic E-state index is 0.0547. The summed E-state index contributed by atoms with van der Waals surface area (Å²) in [6.07, 6.45) is 1.95. The van der Waals surface area contributed by atoms with Gasteiger partial charge < -0.3 is 0 Å². The highest BCUT2D eigenvalue weighted by molar-refractivity contribution is 7.92. The number of fused-ring (bicyclic) bond motifs is 2. The zero-order valence-corrected chi connectivity index (χ0v) is 21.1. The van der Waals surface area contributed by atoms with Crippen molar-refractivity contribution in [1.29, 1.82) is 5.26 Å². The Labute approximate surface area is 205 Å². The number of hydrogen-bond donors (Lipinski definition) is 1. The van der Waals surface area contributed by atoms with Crippen molar-refractivity contribution in [2.45, 2.75) is 46.0 Å². The van der Waals surface area contributed by atoms with Gasteiger partial charge in [-0.3, -0.25) is 9.52 Å². The molecule has 1 N–H and O–H groups in total. The van der Waals surface area contributed by atoms with E-state index < -0.39 is 21.4 Å². The topological polar surface area (TPSA) is 87.0 Å². The lowest BCUT2D eigenvalue weighted by Crippen LogP contribution is -2.43. The van der Waals surface area contributed by atoms with Crippen LogP contribution in [0.4, 0.5) is 5.69 Å². The lowest BCUT2D eigenvalue weighted by Gasteiger charge is -2.36. The van der Waals surface area contributed by atoms with Gasteiger partial charge >= 0.3 is 0 Å². The molecule has 0 aromatic heterocycles. The summed E-state index contributed by atoms with van der Waals surface area (Å²) in [6.45, 7) is 5.80. The van der Waals surface area contributed by atoms with Gasteiger partial charge in [-0.15, -0.1) is 0 Å². The third-order valence-corrected chi connectivity index (χ3v) is 9.81. The van der Waals surface area contributed by atoms with E-state index in [1.807, 2.05) is 13.8 Å². The SMILES string of the molecule is Cc1cc([C@@H](C#N)c2ccc(Cl)cc2)c(Cl)cc1NS(=O)(=O)C[C@]12CC[C@@H](CC1=O)C2(C)C. The van der Waals surface area contributed by atoms with E-state index in [4.69, 9.17) is 23.2 Å². The molecular weight excluding hydrogens is 479 g/mol. The molecule has 2 fully saturated rings. The summed E-state index contributed by atoms with van der Waals surface area (Å²) in [5.74, 6) is -0.553. The van der Waals surface area contributed by atoms with E-state index in [2.05, 4.69) is 10.8 Å². The number of halogens is 2. The Kier molecular flexibility index (Phi) is 6.05. The van der Waals surface area contributed by atoms with Crippen LogP contribution in [0, 0.1) is 35.0 Å². The number of aryl methyl sites for hydroxylation is 1. The zero-order valence-electron chi connectivity index (χ0n) is 18.8. The van der Waals surface area contributed by atoms with Crippen LogP contribution in [0.25, 0.3) is 0 Å². The third-order valence-electron chi connectivity index (χ3n) is 7.83. The highest BCUT2D eigenvalue weighted by Crippen LogP contribution is 2.64. The number of benzene rings is 2. The lowest BCUT2D eigenvalue weighted by atomic mass is 9.70. The molecule has 0 amide bonds. The molecule has 5 nitrogen and oxygen atoms in total. The van der Waals surface area contributed by atoms with Crippen molar-refractivity contribution < 1.29 is 13.2 Å². The zero-order chi connectivity index (χ0) is 24.2. The molecule has 174 valence electrons. The van der Waals surface area contributed by atoms with Crippen molar-refractivity contribution in [1.82, 2.24) is 0 Å². The van der Waals surface area contributed by atoms with E-state index in [0.717, 1.165) is 12.0 Å². The van der Waals surface area contributed by atoms with Crippen LogP contribution >= 0.6 is 23.2 Å². The summed E-state index contributed by atoms with van der Waals surface area (Å²) in [5.41, 5.74) is 1.15. The van der Waals surface area contributed by atoms with Gasteiger partial charge in [0.15, 0.2) is 0 Å². The predicted octanol–water partition coefficient (Wildman–Crippen LogP) is 6.09. The molecule has 3 atom stereocenters. The summed E-state index contributed by atoms with van der Waals surface area (Å²) >= 11 is 12.5. The Morgan fingerprint density at radius 2 is 1.88 bits per heavy atom. The van der Waals surface area contributed by atoms with Crippen LogP contribution in [-0.4, -0.2) is 20.0 Å². The molecule has 2 aromatic carbocycles. The number of rotatable bonds is 6. The van der Waals surface area contributed by atoms with Crippen molar-refractivity contribution in [3.8, 4) is 6.07 Å². The number of anilines is 1. The van der Waals surface area contributed by atoms with Gasteiger partial charge in [0.1, 0.15) is 5.78 Å². The molecule has 2 saturated carbocycles. The van der Waals surface area contributed by atoms with Crippen LogP contribution in [0.15, 0.2) is 36.4 Å². The van der Waals surface area contributed by atoms with E-state index in [1.54, 1.807) is 43.3 Å². The van der Waals surface area contributed by atoms with Crippen LogP contribution in [-0.2, 0) is 14.8 Å². The van der Waals surface area contributed by atoms with Crippen LogP contribution < -0.4 is 4.72 Å². The third kappa shape index (κ3) is 4.05. The van der Waals surface area contributed by atoms with Gasteiger partial charge in [0.25, 0.3) is 0 Å². The number of ketones is 1. The Hall–Kier alpha value is -2.07. The van der Waals surface area contributed by atoms with E-state index >= 15 is 0 Å². The minimum atomic E-state index is -3.81. The Bertz CT molecular complexity index is 1270. The number of nitrogens with zero attached hydrogens (tertiary/aromatic N) is 1. The van der Waals surface area contributed by atoms with Crippen molar-refractivity contribution in [3.63, 3.8) is 0 Å². The second-order valence-electron chi connectivity index (χ2n) is 9.83. The molecule has 2 aliphatic rings. The van der Waals surface area contributed by atoms with Crippen molar-refractivity contribution in [3.05, 3.63) is 63.1 Å². The van der Waals surface area contributed by atoms with E-state index in [9.17, 15) is 18.5 Å². The van der Waals surface area contributed by atoms with E-state index in [0.29, 0.717) is 34.7 Å². The fraction of sp³-hybridized carbons (Fsp3) is 0.440. The Morgan fingerprint density at radius 1 is 1.21 bits per heavy atom. The molecule has 2 bridgehead atoms. The molecule has 8 heteroatoms. The van der Waals surface area contributed by atoms with Gasteiger partial charge in [-0.25, -0.2) is 8.42 Å². The molecule has 0 aliphatic heterocycles. The number of sulfonamides is 1. The summed E-state index contributed by atoms with van der Waals surface area (Å²) in [5, 5.41) is 10.6. The molecule has 0 spiro atoms. The number of Topliss-reactive ketones (excluding diaryl/α,β-unsaturated/α-hetero) is 1. The number of hydrogen-bond acceptors (Lipinski definition) is 4. The molecule has 0 saturated heterocycles. The van der Waals surface area contributed by atoms with Gasteiger partial charge in [0, 0.05) is 16.5 Å². The Morgan fingerprint density at radius 3 is 2.42 bits per heavy atom. The first-order valence-electron chi connectivity index (χ1n) is 10.9. The largest absolute Gasteiger partial charge is 0.299 e. The summed E-state index contributed by atoms with van der Waals surface area (Å²) in [4.78, 5) is 12.8. The maximum absolute atomic E-state index is 13.2. The molecule has 0 unspecified atom stereocenters. The standard InChI is InChI=1S/C25H26Cl2N2O3S/c1-15-10-19(20(13-28)16-4-6-18(26)7-5-16)21(27)12-22(15)29-33(31,32)14-25-9-8-17(11-23(25)30)24(25,2)3/h4-7,10,12,17,20,29H,8-9,11,14H2,1-3H3/t17-,20-,25+/m0/s1. The van der Waals surface area contributed by atoms with Crippen LogP contribution in [0.5, 0.6) is 0 Å². The summed E-state index contributed by atoms with van der Waals surface area (Å²) < 4.78 is 29.0. The normalized spacial score (nSPS) is 24.5.